The van der Waals surface area contributed by atoms with Crippen LogP contribution in [0.5, 0.6) is 0 Å². The first-order valence-electron chi connectivity index (χ1n) is 8.51. The third-order valence-corrected chi connectivity index (χ3v) is 3.98. The molecule has 134 valence electrons. The van der Waals surface area contributed by atoms with Gasteiger partial charge in [-0.2, -0.15) is 0 Å². The second kappa shape index (κ2) is 9.03. The summed E-state index contributed by atoms with van der Waals surface area (Å²) in [4.78, 5) is 26.2. The first kappa shape index (κ1) is 18.7. The molecule has 25 heavy (non-hydrogen) atoms. The van der Waals surface area contributed by atoms with Crippen LogP contribution in [0.1, 0.15) is 42.9 Å². The monoisotopic (exact) mass is 343 g/mol. The van der Waals surface area contributed by atoms with Gasteiger partial charge < -0.3 is 14.6 Å². The fraction of sp³-hybridized carbons (Fsp3) is 0.368. The summed E-state index contributed by atoms with van der Waals surface area (Å²) >= 11 is 0. The second-order valence-corrected chi connectivity index (χ2v) is 5.72. The number of nitrogens with one attached hydrogen (secondary N) is 2. The highest BCUT2D eigenvalue weighted by Gasteiger charge is 2.14. The van der Waals surface area contributed by atoms with E-state index >= 15 is 0 Å². The highest BCUT2D eigenvalue weighted by molar-refractivity contribution is 5.97. The molecule has 2 rings (SSSR count). The number of carbonyl (C=O) groups is 2. The molecule has 6 heteroatoms. The summed E-state index contributed by atoms with van der Waals surface area (Å²) < 4.78 is 5.30. The molecule has 2 amide bonds. The smallest absolute Gasteiger partial charge is 0.253 e. The van der Waals surface area contributed by atoms with Crippen molar-refractivity contribution in [2.24, 2.45) is 0 Å². The van der Waals surface area contributed by atoms with Gasteiger partial charge >= 0.3 is 0 Å². The van der Waals surface area contributed by atoms with Gasteiger partial charge in [0, 0.05) is 24.3 Å². The predicted octanol–water partition coefficient (Wildman–Crippen LogP) is 3.05. The Bertz CT molecular complexity index is 694. The van der Waals surface area contributed by atoms with Gasteiger partial charge in [-0.3, -0.25) is 14.9 Å². The van der Waals surface area contributed by atoms with Crippen LogP contribution >= 0.6 is 0 Å². The number of rotatable bonds is 8. The molecule has 1 heterocycles. The van der Waals surface area contributed by atoms with Crippen molar-refractivity contribution < 1.29 is 14.0 Å². The van der Waals surface area contributed by atoms with Crippen LogP contribution in [0.2, 0.25) is 0 Å². The maximum absolute atomic E-state index is 12.4. The van der Waals surface area contributed by atoms with Crippen molar-refractivity contribution >= 4 is 17.5 Å². The van der Waals surface area contributed by atoms with E-state index in [4.69, 9.17) is 4.42 Å². The van der Waals surface area contributed by atoms with E-state index in [2.05, 4.69) is 10.6 Å². The Kier molecular flexibility index (Phi) is 6.77. The highest BCUT2D eigenvalue weighted by Crippen LogP contribution is 2.14. The molecular weight excluding hydrogens is 318 g/mol. The van der Waals surface area contributed by atoms with Crippen LogP contribution in [0, 0.1) is 0 Å². The fourth-order valence-corrected chi connectivity index (χ4v) is 2.51. The summed E-state index contributed by atoms with van der Waals surface area (Å²) in [6, 6.07) is 10.6. The van der Waals surface area contributed by atoms with E-state index in [1.807, 2.05) is 32.9 Å². The van der Waals surface area contributed by atoms with Crippen molar-refractivity contribution in [2.45, 2.75) is 26.8 Å². The summed E-state index contributed by atoms with van der Waals surface area (Å²) in [7, 11) is 0. The average Bonchev–Trinajstić information content (AvgIpc) is 3.15. The van der Waals surface area contributed by atoms with Gasteiger partial charge in [-0.1, -0.05) is 6.07 Å². The van der Waals surface area contributed by atoms with Crippen LogP contribution in [0.15, 0.2) is 47.1 Å². The van der Waals surface area contributed by atoms with Gasteiger partial charge in [0.05, 0.1) is 18.8 Å². The molecule has 2 aromatic rings. The Morgan fingerprint density at radius 1 is 1.16 bits per heavy atom. The molecule has 6 nitrogen and oxygen atoms in total. The molecular formula is C19H25N3O3. The molecule has 0 unspecified atom stereocenters. The first-order chi connectivity index (χ1) is 12.0. The summed E-state index contributed by atoms with van der Waals surface area (Å²) in [5, 5.41) is 5.91. The molecule has 1 aromatic heterocycles. The lowest BCUT2D eigenvalue weighted by molar-refractivity contribution is -0.115. The number of hydrogen-bond acceptors (Lipinski definition) is 4. The second-order valence-electron chi connectivity index (χ2n) is 5.72. The van der Waals surface area contributed by atoms with Gasteiger partial charge in [0.25, 0.3) is 5.91 Å². The molecule has 0 aliphatic carbocycles. The zero-order valence-corrected chi connectivity index (χ0v) is 14.9. The molecule has 0 fully saturated rings. The SMILES string of the molecule is CCN(CC)C(=O)c1cccc(NC(=O)CN[C@@H](C)c2ccco2)c1. The summed E-state index contributed by atoms with van der Waals surface area (Å²) in [5.74, 6) is 0.566. The van der Waals surface area contributed by atoms with Crippen molar-refractivity contribution in [3.8, 4) is 0 Å². The fourth-order valence-electron chi connectivity index (χ4n) is 2.51. The van der Waals surface area contributed by atoms with Crippen LogP contribution < -0.4 is 10.6 Å². The quantitative estimate of drug-likeness (QED) is 0.772. The first-order valence-corrected chi connectivity index (χ1v) is 8.51. The van der Waals surface area contributed by atoms with E-state index in [0.717, 1.165) is 5.76 Å². The van der Waals surface area contributed by atoms with E-state index in [1.165, 1.54) is 0 Å². The molecule has 0 saturated heterocycles. The van der Waals surface area contributed by atoms with Crippen molar-refractivity contribution in [1.29, 1.82) is 0 Å². The van der Waals surface area contributed by atoms with Gasteiger partial charge in [-0.15, -0.1) is 0 Å². The molecule has 0 bridgehead atoms. The van der Waals surface area contributed by atoms with Gasteiger partial charge in [0.1, 0.15) is 5.76 Å². The number of benzene rings is 1. The summed E-state index contributed by atoms with van der Waals surface area (Å²) in [6.07, 6.45) is 1.60. The van der Waals surface area contributed by atoms with Crippen molar-refractivity contribution in [3.05, 3.63) is 54.0 Å². The van der Waals surface area contributed by atoms with Gasteiger partial charge in [-0.05, 0) is 51.1 Å². The normalized spacial score (nSPS) is 11.8. The standard InChI is InChI=1S/C19H25N3O3/c1-4-22(5-2)19(24)15-8-6-9-16(12-15)21-18(23)13-20-14(3)17-10-7-11-25-17/h6-12,14,20H,4-5,13H2,1-3H3,(H,21,23)/t14-/m0/s1. The molecule has 1 atom stereocenters. The predicted molar refractivity (Wildman–Crippen MR) is 97.4 cm³/mol. The van der Waals surface area contributed by atoms with E-state index in [9.17, 15) is 9.59 Å². The molecule has 0 spiro atoms. The topological polar surface area (TPSA) is 74.6 Å². The number of furan rings is 1. The number of hydrogen-bond donors (Lipinski definition) is 2. The zero-order valence-electron chi connectivity index (χ0n) is 14.9. The average molecular weight is 343 g/mol. The molecule has 0 aliphatic heterocycles. The number of nitrogens with zero attached hydrogens (tertiary/aromatic N) is 1. The third-order valence-electron chi connectivity index (χ3n) is 3.98. The Labute approximate surface area is 148 Å². The molecule has 0 saturated carbocycles. The molecule has 1 aromatic carbocycles. The Balaban J connectivity index is 1.92. The van der Waals surface area contributed by atoms with Gasteiger partial charge in [0.15, 0.2) is 0 Å². The molecule has 0 aliphatic rings. The van der Waals surface area contributed by atoms with Gasteiger partial charge in [-0.25, -0.2) is 0 Å². The largest absolute Gasteiger partial charge is 0.468 e. The van der Waals surface area contributed by atoms with Crippen LogP contribution in [-0.4, -0.2) is 36.3 Å². The lowest BCUT2D eigenvalue weighted by atomic mass is 10.1. The highest BCUT2D eigenvalue weighted by atomic mass is 16.3. The van der Waals surface area contributed by atoms with Crippen LogP contribution in [0.3, 0.4) is 0 Å². The minimum Gasteiger partial charge on any atom is -0.468 e. The number of anilines is 1. The Hall–Kier alpha value is -2.60. The van der Waals surface area contributed by atoms with E-state index < -0.39 is 0 Å². The zero-order chi connectivity index (χ0) is 18.2. The van der Waals surface area contributed by atoms with Crippen molar-refractivity contribution in [3.63, 3.8) is 0 Å². The Morgan fingerprint density at radius 3 is 2.56 bits per heavy atom. The molecule has 0 radical (unpaired) electrons. The van der Waals surface area contributed by atoms with E-state index in [0.29, 0.717) is 24.3 Å². The van der Waals surface area contributed by atoms with E-state index in [1.54, 1.807) is 35.4 Å². The summed E-state index contributed by atoms with van der Waals surface area (Å²) in [6.45, 7) is 7.27. The third kappa shape index (κ3) is 5.19. The van der Waals surface area contributed by atoms with Crippen LogP contribution in [0.25, 0.3) is 0 Å². The van der Waals surface area contributed by atoms with Crippen LogP contribution in [0.4, 0.5) is 5.69 Å². The summed E-state index contributed by atoms with van der Waals surface area (Å²) in [5.41, 5.74) is 1.17. The van der Waals surface area contributed by atoms with Crippen molar-refractivity contribution in [1.82, 2.24) is 10.2 Å². The minimum absolute atomic E-state index is 0.0364. The van der Waals surface area contributed by atoms with Crippen molar-refractivity contribution in [2.75, 3.05) is 25.0 Å². The lowest BCUT2D eigenvalue weighted by Crippen LogP contribution is -2.31. The number of amides is 2. The van der Waals surface area contributed by atoms with Crippen LogP contribution in [-0.2, 0) is 4.79 Å². The Morgan fingerprint density at radius 2 is 1.92 bits per heavy atom. The molecule has 2 N–H and O–H groups in total. The maximum atomic E-state index is 12.4. The maximum Gasteiger partial charge on any atom is 0.253 e. The van der Waals surface area contributed by atoms with Gasteiger partial charge in [0.2, 0.25) is 5.91 Å². The minimum atomic E-state index is -0.175. The number of carbonyl (C=O) groups excluding carboxylic acids is 2. The lowest BCUT2D eigenvalue weighted by Gasteiger charge is -2.19. The van der Waals surface area contributed by atoms with E-state index in [-0.39, 0.29) is 24.4 Å².